The van der Waals surface area contributed by atoms with E-state index in [9.17, 15) is 0 Å². The van der Waals surface area contributed by atoms with Crippen molar-refractivity contribution < 1.29 is 4.74 Å². The molecule has 1 aliphatic carbocycles. The van der Waals surface area contributed by atoms with Gasteiger partial charge in [0, 0.05) is 88.4 Å². The van der Waals surface area contributed by atoms with Crippen molar-refractivity contribution in [2.24, 2.45) is 28.4 Å². The summed E-state index contributed by atoms with van der Waals surface area (Å²) in [5.41, 5.74) is 3.25. The van der Waals surface area contributed by atoms with Gasteiger partial charge in [0.25, 0.3) is 0 Å². The second kappa shape index (κ2) is 9.83. The molecule has 2 fully saturated rings. The molecule has 5 rings (SSSR count). The quantitative estimate of drug-likeness (QED) is 0.704. The molecule has 1 N–H and O–H groups in total. The summed E-state index contributed by atoms with van der Waals surface area (Å²) in [4.78, 5) is 16.8. The molecule has 2 saturated heterocycles. The molecule has 9 heteroatoms. The number of nitrogens with one attached hydrogen (secondary N) is 1. The fraction of sp³-hybridized carbons (Fsp3) is 0.500. The van der Waals surface area contributed by atoms with Gasteiger partial charge in [0.15, 0.2) is 0 Å². The van der Waals surface area contributed by atoms with Crippen LogP contribution in [-0.2, 0) is 11.8 Å². The van der Waals surface area contributed by atoms with Crippen LogP contribution in [0.15, 0.2) is 70.4 Å². The van der Waals surface area contributed by atoms with Crippen LogP contribution in [0.25, 0.3) is 0 Å². The number of ether oxygens (including phenoxy) is 1. The van der Waals surface area contributed by atoms with Gasteiger partial charge in [-0.2, -0.15) is 10.1 Å². The molecule has 35 heavy (non-hydrogen) atoms. The maximum Gasteiger partial charge on any atom is 0.228 e. The second-order valence-corrected chi connectivity index (χ2v) is 10.1. The Hall–Kier alpha value is -3.17. The second-order valence-electron chi connectivity index (χ2n) is 10.1. The molecule has 0 bridgehead atoms. The summed E-state index contributed by atoms with van der Waals surface area (Å²) < 4.78 is 7.44. The van der Waals surface area contributed by atoms with Crippen LogP contribution in [0.2, 0.25) is 0 Å². The Bertz CT molecular complexity index is 1120. The van der Waals surface area contributed by atoms with E-state index in [2.05, 4.69) is 74.5 Å². The number of nitrogens with zero attached hydrogens (tertiary/aromatic N) is 7. The predicted octanol–water partition coefficient (Wildman–Crippen LogP) is 2.36. The van der Waals surface area contributed by atoms with Gasteiger partial charge >= 0.3 is 0 Å². The molecular formula is C26H36N8O. The van der Waals surface area contributed by atoms with Crippen LogP contribution in [0.5, 0.6) is 0 Å². The Balaban J connectivity index is 1.38. The third-order valence-corrected chi connectivity index (χ3v) is 7.24. The number of aryl methyl sites for hydroxylation is 1. The fourth-order valence-corrected chi connectivity index (χ4v) is 5.26. The molecule has 2 atom stereocenters. The van der Waals surface area contributed by atoms with Crippen LogP contribution < -0.4 is 10.2 Å². The topological polar surface area (TPSA) is 73.5 Å². The molecule has 1 aromatic rings. The molecular weight excluding hydrogens is 440 g/mol. The molecule has 0 saturated carbocycles. The van der Waals surface area contributed by atoms with Crippen molar-refractivity contribution in [1.29, 1.82) is 0 Å². The largest absolute Gasteiger partial charge is 0.384 e. The number of methoxy groups -OCH3 is 1. The van der Waals surface area contributed by atoms with Crippen LogP contribution in [0.4, 0.5) is 5.69 Å². The first kappa shape index (κ1) is 23.6. The molecule has 4 heterocycles. The van der Waals surface area contributed by atoms with Gasteiger partial charge in [0.2, 0.25) is 5.96 Å². The molecule has 0 radical (unpaired) electrons. The van der Waals surface area contributed by atoms with E-state index in [1.54, 1.807) is 7.11 Å². The summed E-state index contributed by atoms with van der Waals surface area (Å²) in [5.74, 6) is 1.64. The normalized spacial score (nSPS) is 27.0. The molecule has 0 aromatic carbocycles. The number of amidine groups is 1. The Morgan fingerprint density at radius 3 is 2.74 bits per heavy atom. The maximum absolute atomic E-state index is 5.62. The lowest BCUT2D eigenvalue weighted by molar-refractivity contribution is 0.0935. The molecule has 3 aliphatic heterocycles. The van der Waals surface area contributed by atoms with E-state index in [0.29, 0.717) is 12.6 Å². The highest BCUT2D eigenvalue weighted by molar-refractivity contribution is 6.09. The first-order valence-corrected chi connectivity index (χ1v) is 12.3. The maximum atomic E-state index is 5.62. The molecule has 9 nitrogen and oxygen atoms in total. The zero-order valence-corrected chi connectivity index (χ0v) is 21.2. The number of guanidine groups is 1. The van der Waals surface area contributed by atoms with E-state index < -0.39 is 0 Å². The number of hydrogen-bond donors (Lipinski definition) is 1. The SMILES string of the molecule is COC[C@]1(C)CN(c2cnn(C)c2)C2=NC(NC3=CC=C(N4CCN(C)CC4)CC=C3)=NC=CC21. The summed E-state index contributed by atoms with van der Waals surface area (Å²) >= 11 is 0. The van der Waals surface area contributed by atoms with Crippen LogP contribution in [0.1, 0.15) is 13.3 Å². The van der Waals surface area contributed by atoms with Gasteiger partial charge in [-0.05, 0) is 25.3 Å². The van der Waals surface area contributed by atoms with Crippen molar-refractivity contribution >= 4 is 17.5 Å². The van der Waals surface area contributed by atoms with E-state index >= 15 is 0 Å². The zero-order valence-electron chi connectivity index (χ0n) is 21.2. The highest BCUT2D eigenvalue weighted by Crippen LogP contribution is 2.41. The summed E-state index contributed by atoms with van der Waals surface area (Å²) in [7, 11) is 5.88. The molecule has 186 valence electrons. The lowest BCUT2D eigenvalue weighted by atomic mass is 9.80. The lowest BCUT2D eigenvalue weighted by Crippen LogP contribution is -2.43. The number of piperazine rings is 1. The average molecular weight is 477 g/mol. The lowest BCUT2D eigenvalue weighted by Gasteiger charge is -2.35. The summed E-state index contributed by atoms with van der Waals surface area (Å²) in [6, 6.07) is 0. The van der Waals surface area contributed by atoms with Crippen molar-refractivity contribution in [2.75, 3.05) is 58.4 Å². The number of allylic oxidation sites excluding steroid dienone is 4. The van der Waals surface area contributed by atoms with Gasteiger partial charge in [0.05, 0.1) is 18.5 Å². The molecule has 1 unspecified atom stereocenters. The van der Waals surface area contributed by atoms with Crippen molar-refractivity contribution in [2.45, 2.75) is 13.3 Å². The van der Waals surface area contributed by atoms with Crippen molar-refractivity contribution in [1.82, 2.24) is 24.9 Å². The Kier molecular flexibility index (Phi) is 6.62. The van der Waals surface area contributed by atoms with Gasteiger partial charge in [-0.25, -0.2) is 4.99 Å². The van der Waals surface area contributed by atoms with Crippen LogP contribution in [0.3, 0.4) is 0 Å². The van der Waals surface area contributed by atoms with Crippen molar-refractivity contribution in [3.63, 3.8) is 0 Å². The van der Waals surface area contributed by atoms with E-state index in [4.69, 9.17) is 9.73 Å². The summed E-state index contributed by atoms with van der Waals surface area (Å²) in [5, 5.41) is 7.84. The number of likely N-dealkylation sites (N-methyl/N-ethyl adjacent to an activating group) is 1. The fourth-order valence-electron chi connectivity index (χ4n) is 5.26. The third-order valence-electron chi connectivity index (χ3n) is 7.24. The third kappa shape index (κ3) is 4.97. The number of aliphatic imine (C=N–C) groups is 2. The van der Waals surface area contributed by atoms with Crippen molar-refractivity contribution in [3.8, 4) is 0 Å². The van der Waals surface area contributed by atoms with Crippen molar-refractivity contribution in [3.05, 3.63) is 60.4 Å². The zero-order chi connectivity index (χ0) is 24.4. The van der Waals surface area contributed by atoms with Gasteiger partial charge in [-0.1, -0.05) is 19.1 Å². The number of hydrogen-bond acceptors (Lipinski definition) is 8. The number of aromatic nitrogens is 2. The van der Waals surface area contributed by atoms with E-state index in [1.807, 2.05) is 30.3 Å². The standard InChI is InChI=1S/C26H36N8O/c1-26(19-35-4)18-34(22-16-28-32(3)17-22)24-23(26)10-11-27-25(30-24)29-20-6-5-7-21(9-8-20)33-14-12-31(2)13-15-33/h5-6,8-11,16-17,23H,7,12-15,18-19H2,1-4H3,(H,27,29)/t23?,26-/m0/s1. The van der Waals surface area contributed by atoms with E-state index in [1.165, 1.54) is 5.70 Å². The van der Waals surface area contributed by atoms with E-state index in [-0.39, 0.29) is 11.3 Å². The molecule has 4 aliphatic rings. The van der Waals surface area contributed by atoms with E-state index in [0.717, 1.165) is 56.4 Å². The van der Waals surface area contributed by atoms with Gasteiger partial charge in [0.1, 0.15) is 5.84 Å². The first-order chi connectivity index (χ1) is 16.9. The minimum absolute atomic E-state index is 0.0908. The van der Waals surface area contributed by atoms with Gasteiger partial charge < -0.3 is 24.8 Å². The number of anilines is 1. The average Bonchev–Trinajstić information content (AvgIpc) is 3.17. The summed E-state index contributed by atoms with van der Waals surface area (Å²) in [6.07, 6.45) is 17.6. The first-order valence-electron chi connectivity index (χ1n) is 12.3. The van der Waals surface area contributed by atoms with Crippen LogP contribution >= 0.6 is 0 Å². The molecule has 0 amide bonds. The van der Waals surface area contributed by atoms with Crippen LogP contribution in [0, 0.1) is 11.3 Å². The highest BCUT2D eigenvalue weighted by Gasteiger charge is 2.47. The highest BCUT2D eigenvalue weighted by atomic mass is 16.5. The minimum atomic E-state index is -0.119. The smallest absolute Gasteiger partial charge is 0.228 e. The number of fused-ring (bicyclic) bond motifs is 1. The summed E-state index contributed by atoms with van der Waals surface area (Å²) in [6.45, 7) is 8.03. The minimum Gasteiger partial charge on any atom is -0.384 e. The van der Waals surface area contributed by atoms with Crippen LogP contribution in [-0.4, -0.2) is 84.9 Å². The number of rotatable bonds is 5. The van der Waals surface area contributed by atoms with Gasteiger partial charge in [-0.3, -0.25) is 4.68 Å². The Morgan fingerprint density at radius 2 is 2.00 bits per heavy atom. The Labute approximate surface area is 207 Å². The van der Waals surface area contributed by atoms with Gasteiger partial charge in [-0.15, -0.1) is 0 Å². The molecule has 0 spiro atoms. The predicted molar refractivity (Wildman–Crippen MR) is 140 cm³/mol. The molecule has 1 aromatic heterocycles. The Morgan fingerprint density at radius 1 is 1.17 bits per heavy atom. The monoisotopic (exact) mass is 476 g/mol.